The van der Waals surface area contributed by atoms with Crippen molar-refractivity contribution in [2.45, 2.75) is 31.7 Å². The summed E-state index contributed by atoms with van der Waals surface area (Å²) < 4.78 is 0. The number of rotatable bonds is 2. The number of nitrogens with zero attached hydrogens (tertiary/aromatic N) is 2. The van der Waals surface area contributed by atoms with Crippen LogP contribution in [0.4, 0.5) is 5.69 Å². The zero-order valence-electron chi connectivity index (χ0n) is 13.7. The number of aromatic amines is 1. The van der Waals surface area contributed by atoms with E-state index in [4.69, 9.17) is 0 Å². The van der Waals surface area contributed by atoms with Crippen molar-refractivity contribution in [3.63, 3.8) is 0 Å². The largest absolute Gasteiger partial charge is 0.322 e. The highest BCUT2D eigenvalue weighted by Gasteiger charge is 2.37. The van der Waals surface area contributed by atoms with Crippen LogP contribution in [0, 0.1) is 6.92 Å². The van der Waals surface area contributed by atoms with E-state index in [-0.39, 0.29) is 17.0 Å². The molecular weight excluding hydrogens is 322 g/mol. The number of amides is 1. The fraction of sp³-hybridized carbons (Fsp3) is 0.444. The van der Waals surface area contributed by atoms with E-state index in [2.05, 4.69) is 9.88 Å². The highest BCUT2D eigenvalue weighted by atomic mass is 32.2. The third-order valence-electron chi connectivity index (χ3n) is 4.86. The molecule has 2 aliphatic rings. The molecule has 2 fully saturated rings. The lowest BCUT2D eigenvalue weighted by molar-refractivity contribution is -0.116. The van der Waals surface area contributed by atoms with Gasteiger partial charge in [0.05, 0.1) is 11.3 Å². The SMILES string of the molecule is Cc1cc(=O)[nH]c2cc(N3C(=O)CSC3N3CCCCC3)ccc12. The first-order valence-corrected chi connectivity index (χ1v) is 9.50. The lowest BCUT2D eigenvalue weighted by atomic mass is 10.1. The Bertz CT molecular complexity index is 842. The van der Waals surface area contributed by atoms with Gasteiger partial charge in [-0.3, -0.25) is 19.4 Å². The van der Waals surface area contributed by atoms with Crippen molar-refractivity contribution in [1.82, 2.24) is 9.88 Å². The molecule has 2 saturated heterocycles. The smallest absolute Gasteiger partial charge is 0.248 e. The van der Waals surface area contributed by atoms with Crippen molar-refractivity contribution in [2.24, 2.45) is 0 Å². The molecule has 1 unspecified atom stereocenters. The Balaban J connectivity index is 1.73. The maximum absolute atomic E-state index is 12.5. The minimum Gasteiger partial charge on any atom is -0.322 e. The standard InChI is InChI=1S/C18H21N3O2S/c1-12-9-16(22)19-15-10-13(5-6-14(12)15)21-17(23)11-24-18(21)20-7-3-2-4-8-20/h5-6,9-10,18H,2-4,7-8,11H2,1H3,(H,19,22). The number of pyridine rings is 1. The number of nitrogens with one attached hydrogen (secondary N) is 1. The lowest BCUT2D eigenvalue weighted by Crippen LogP contribution is -2.47. The van der Waals surface area contributed by atoms with Crippen LogP contribution in [0.5, 0.6) is 0 Å². The fourth-order valence-electron chi connectivity index (χ4n) is 3.67. The van der Waals surface area contributed by atoms with Crippen LogP contribution in [0.15, 0.2) is 29.1 Å². The molecule has 4 rings (SSSR count). The van der Waals surface area contributed by atoms with Gasteiger partial charge >= 0.3 is 0 Å². The predicted molar refractivity (Wildman–Crippen MR) is 98.5 cm³/mol. The molecule has 1 amide bonds. The number of thioether (sulfide) groups is 1. The summed E-state index contributed by atoms with van der Waals surface area (Å²) in [6, 6.07) is 7.54. The molecule has 0 saturated carbocycles. The van der Waals surface area contributed by atoms with Gasteiger partial charge in [-0.25, -0.2) is 0 Å². The van der Waals surface area contributed by atoms with Crippen LogP contribution < -0.4 is 10.5 Å². The molecule has 5 nitrogen and oxygen atoms in total. The maximum Gasteiger partial charge on any atom is 0.248 e. The normalized spacial score (nSPS) is 22.5. The third-order valence-corrected chi connectivity index (χ3v) is 6.08. The van der Waals surface area contributed by atoms with Crippen molar-refractivity contribution in [2.75, 3.05) is 23.7 Å². The second kappa shape index (κ2) is 6.26. The summed E-state index contributed by atoms with van der Waals surface area (Å²) in [5.74, 6) is 0.661. The van der Waals surface area contributed by atoms with Gasteiger partial charge in [0.1, 0.15) is 5.50 Å². The van der Waals surface area contributed by atoms with Crippen LogP contribution >= 0.6 is 11.8 Å². The van der Waals surface area contributed by atoms with E-state index in [1.54, 1.807) is 17.8 Å². The number of H-pyrrole nitrogens is 1. The van der Waals surface area contributed by atoms with Gasteiger partial charge in [-0.1, -0.05) is 12.5 Å². The first-order valence-electron chi connectivity index (χ1n) is 8.45. The Morgan fingerprint density at radius 2 is 1.92 bits per heavy atom. The van der Waals surface area contributed by atoms with E-state index in [9.17, 15) is 9.59 Å². The molecule has 1 aromatic carbocycles. The van der Waals surface area contributed by atoms with Crippen molar-refractivity contribution in [3.8, 4) is 0 Å². The van der Waals surface area contributed by atoms with Crippen LogP contribution in [0.2, 0.25) is 0 Å². The summed E-state index contributed by atoms with van der Waals surface area (Å²) in [4.78, 5) is 31.5. The van der Waals surface area contributed by atoms with E-state index < -0.39 is 0 Å². The molecule has 2 aliphatic heterocycles. The molecule has 1 aromatic heterocycles. The van der Waals surface area contributed by atoms with Crippen LogP contribution in [0.25, 0.3) is 10.9 Å². The van der Waals surface area contributed by atoms with Gasteiger partial charge in [0.25, 0.3) is 0 Å². The summed E-state index contributed by atoms with van der Waals surface area (Å²) >= 11 is 1.70. The van der Waals surface area contributed by atoms with Gasteiger partial charge in [-0.2, -0.15) is 0 Å². The molecule has 0 radical (unpaired) electrons. The molecule has 1 N–H and O–H groups in total. The summed E-state index contributed by atoms with van der Waals surface area (Å²) in [6.07, 6.45) is 3.67. The fourth-order valence-corrected chi connectivity index (χ4v) is 4.91. The topological polar surface area (TPSA) is 56.4 Å². The van der Waals surface area contributed by atoms with E-state index >= 15 is 0 Å². The summed E-state index contributed by atoms with van der Waals surface area (Å²) in [5.41, 5.74) is 2.59. The summed E-state index contributed by atoms with van der Waals surface area (Å²) in [6.45, 7) is 4.03. The van der Waals surface area contributed by atoms with E-state index in [0.717, 1.165) is 35.2 Å². The van der Waals surface area contributed by atoms with Gasteiger partial charge in [0, 0.05) is 30.2 Å². The number of carbonyl (C=O) groups is 1. The Morgan fingerprint density at radius 3 is 2.71 bits per heavy atom. The number of hydrogen-bond donors (Lipinski definition) is 1. The average Bonchev–Trinajstić information content (AvgIpc) is 2.96. The Hall–Kier alpha value is -1.79. The third kappa shape index (κ3) is 2.74. The highest BCUT2D eigenvalue weighted by Crippen LogP contribution is 2.35. The summed E-state index contributed by atoms with van der Waals surface area (Å²) in [7, 11) is 0. The maximum atomic E-state index is 12.5. The first-order chi connectivity index (χ1) is 11.6. The Kier molecular flexibility index (Phi) is 4.10. The lowest BCUT2D eigenvalue weighted by Gasteiger charge is -2.36. The second-order valence-corrected chi connectivity index (χ2v) is 7.59. The monoisotopic (exact) mass is 343 g/mol. The van der Waals surface area contributed by atoms with Crippen LogP contribution in [0.3, 0.4) is 0 Å². The van der Waals surface area contributed by atoms with Crippen molar-refractivity contribution in [1.29, 1.82) is 0 Å². The molecule has 126 valence electrons. The number of anilines is 1. The summed E-state index contributed by atoms with van der Waals surface area (Å²) in [5, 5.41) is 1.02. The van der Waals surface area contributed by atoms with Gasteiger partial charge in [0.2, 0.25) is 11.5 Å². The number of piperidine rings is 1. The van der Waals surface area contributed by atoms with Crippen LogP contribution in [-0.4, -0.2) is 40.1 Å². The molecule has 2 aromatic rings. The predicted octanol–water partition coefficient (Wildman–Crippen LogP) is 2.69. The van der Waals surface area contributed by atoms with Gasteiger partial charge in [-0.05, 0) is 37.5 Å². The number of hydrogen-bond acceptors (Lipinski definition) is 4. The van der Waals surface area contributed by atoms with E-state index in [1.807, 2.05) is 30.0 Å². The van der Waals surface area contributed by atoms with Crippen LogP contribution in [0.1, 0.15) is 24.8 Å². The second-order valence-electron chi connectivity index (χ2n) is 6.54. The Labute approximate surface area is 145 Å². The molecule has 0 aliphatic carbocycles. The number of carbonyl (C=O) groups excluding carboxylic acids is 1. The number of benzene rings is 1. The highest BCUT2D eigenvalue weighted by molar-refractivity contribution is 8.01. The number of likely N-dealkylation sites (tertiary alicyclic amines) is 1. The molecular formula is C18H21N3O2S. The number of fused-ring (bicyclic) bond motifs is 1. The first kappa shape index (κ1) is 15.7. The molecule has 0 bridgehead atoms. The number of aromatic nitrogens is 1. The molecule has 24 heavy (non-hydrogen) atoms. The zero-order chi connectivity index (χ0) is 16.7. The zero-order valence-corrected chi connectivity index (χ0v) is 14.6. The van der Waals surface area contributed by atoms with Crippen LogP contribution in [-0.2, 0) is 4.79 Å². The molecule has 6 heteroatoms. The van der Waals surface area contributed by atoms with E-state index in [1.165, 1.54) is 19.3 Å². The van der Waals surface area contributed by atoms with Gasteiger partial charge in [-0.15, -0.1) is 11.8 Å². The molecule has 1 atom stereocenters. The quantitative estimate of drug-likeness (QED) is 0.911. The van der Waals surface area contributed by atoms with E-state index in [0.29, 0.717) is 5.75 Å². The average molecular weight is 343 g/mol. The van der Waals surface area contributed by atoms with Crippen molar-refractivity contribution >= 4 is 34.3 Å². The van der Waals surface area contributed by atoms with Gasteiger partial charge < -0.3 is 4.98 Å². The molecule has 0 spiro atoms. The minimum atomic E-state index is -0.105. The minimum absolute atomic E-state index is 0.0757. The van der Waals surface area contributed by atoms with Crippen molar-refractivity contribution in [3.05, 3.63) is 40.2 Å². The van der Waals surface area contributed by atoms with Gasteiger partial charge in [0.15, 0.2) is 0 Å². The Morgan fingerprint density at radius 1 is 1.12 bits per heavy atom. The van der Waals surface area contributed by atoms with Crippen molar-refractivity contribution < 1.29 is 4.79 Å². The number of aryl methyl sites for hydroxylation is 1. The molecule has 3 heterocycles.